The van der Waals surface area contributed by atoms with E-state index in [0.29, 0.717) is 35.8 Å². The van der Waals surface area contributed by atoms with Gasteiger partial charge in [-0.15, -0.1) is 0 Å². The fourth-order valence-corrected chi connectivity index (χ4v) is 5.54. The normalized spacial score (nSPS) is 27.5. The highest BCUT2D eigenvalue weighted by Crippen LogP contribution is 2.37. The Morgan fingerprint density at radius 1 is 1.13 bits per heavy atom. The molecule has 31 heavy (non-hydrogen) atoms. The molecule has 2 fully saturated rings. The van der Waals surface area contributed by atoms with Crippen LogP contribution >= 0.6 is 0 Å². The van der Waals surface area contributed by atoms with Gasteiger partial charge in [0.05, 0.1) is 11.1 Å². The molecule has 1 saturated heterocycles. The maximum atomic E-state index is 12.5. The summed E-state index contributed by atoms with van der Waals surface area (Å²) in [6.45, 7) is 2.40. The first kappa shape index (κ1) is 21.5. The third kappa shape index (κ3) is 4.50. The van der Waals surface area contributed by atoms with Gasteiger partial charge in [0, 0.05) is 31.5 Å². The Labute approximate surface area is 182 Å². The van der Waals surface area contributed by atoms with Crippen molar-refractivity contribution >= 4 is 23.6 Å². The molecule has 4 amide bonds. The second-order valence-electron chi connectivity index (χ2n) is 9.08. The fourth-order valence-electron chi connectivity index (χ4n) is 5.54. The van der Waals surface area contributed by atoms with E-state index in [1.807, 2.05) is 0 Å². The van der Waals surface area contributed by atoms with Gasteiger partial charge in [0.25, 0.3) is 11.8 Å². The predicted octanol–water partition coefficient (Wildman–Crippen LogP) is 2.65. The summed E-state index contributed by atoms with van der Waals surface area (Å²) >= 11 is 0. The van der Waals surface area contributed by atoms with Crippen LogP contribution < -0.4 is 10.6 Å². The standard InChI is InChI=1S/C24H31N3O4/c1-2-6-15-13-22(29)26-20-14-16(10-11-17(15)20)25-21(28)9-5-12-27-23(30)18-7-3-4-8-19(18)24(27)31/h3-4,7-8,15-17,20H,2,5-6,9-14H2,1H3,(H,25,28)(H,26,29). The van der Waals surface area contributed by atoms with Crippen molar-refractivity contribution in [3.8, 4) is 0 Å². The fraction of sp³-hybridized carbons (Fsp3) is 0.583. The molecular formula is C24H31N3O4. The highest BCUT2D eigenvalue weighted by Gasteiger charge is 2.40. The molecule has 1 aliphatic carbocycles. The van der Waals surface area contributed by atoms with E-state index in [9.17, 15) is 19.2 Å². The van der Waals surface area contributed by atoms with Crippen LogP contribution in [0.15, 0.2) is 24.3 Å². The molecule has 7 nitrogen and oxygen atoms in total. The number of carbonyl (C=O) groups is 4. The van der Waals surface area contributed by atoms with Gasteiger partial charge in [-0.3, -0.25) is 24.1 Å². The van der Waals surface area contributed by atoms with Crippen LogP contribution in [0.1, 0.15) is 79.0 Å². The van der Waals surface area contributed by atoms with Gasteiger partial charge in [-0.05, 0) is 56.1 Å². The van der Waals surface area contributed by atoms with Gasteiger partial charge < -0.3 is 10.6 Å². The average Bonchev–Trinajstić information content (AvgIpc) is 2.99. The maximum Gasteiger partial charge on any atom is 0.261 e. The van der Waals surface area contributed by atoms with E-state index < -0.39 is 0 Å². The van der Waals surface area contributed by atoms with Crippen molar-refractivity contribution in [2.24, 2.45) is 11.8 Å². The Balaban J connectivity index is 1.24. The van der Waals surface area contributed by atoms with Gasteiger partial charge >= 0.3 is 0 Å². The minimum atomic E-state index is -0.283. The minimum absolute atomic E-state index is 0.0627. The average molecular weight is 426 g/mol. The molecule has 2 aliphatic heterocycles. The molecular weight excluding hydrogens is 394 g/mol. The van der Waals surface area contributed by atoms with Crippen LogP contribution in [0.4, 0.5) is 0 Å². The van der Waals surface area contributed by atoms with Gasteiger partial charge in [-0.1, -0.05) is 25.5 Å². The van der Waals surface area contributed by atoms with Crippen molar-refractivity contribution in [2.75, 3.05) is 6.54 Å². The number of hydrogen-bond acceptors (Lipinski definition) is 4. The molecule has 2 N–H and O–H groups in total. The quantitative estimate of drug-likeness (QED) is 0.657. The van der Waals surface area contributed by atoms with Crippen LogP contribution in [-0.2, 0) is 9.59 Å². The second-order valence-corrected chi connectivity index (χ2v) is 9.08. The molecule has 1 aromatic carbocycles. The van der Waals surface area contributed by atoms with Crippen LogP contribution in [0.25, 0.3) is 0 Å². The number of nitrogens with zero attached hydrogens (tertiary/aromatic N) is 1. The Morgan fingerprint density at radius 2 is 1.84 bits per heavy atom. The van der Waals surface area contributed by atoms with Gasteiger partial charge in [-0.25, -0.2) is 0 Å². The lowest BCUT2D eigenvalue weighted by molar-refractivity contribution is -0.127. The molecule has 166 valence electrons. The van der Waals surface area contributed by atoms with Crippen molar-refractivity contribution in [3.63, 3.8) is 0 Å². The molecule has 0 bridgehead atoms. The van der Waals surface area contributed by atoms with E-state index in [4.69, 9.17) is 0 Å². The Bertz CT molecular complexity index is 848. The molecule has 4 rings (SSSR count). The zero-order valence-corrected chi connectivity index (χ0v) is 18.1. The number of piperidine rings is 1. The van der Waals surface area contributed by atoms with Crippen LogP contribution in [-0.4, -0.2) is 47.2 Å². The highest BCUT2D eigenvalue weighted by atomic mass is 16.2. The maximum absolute atomic E-state index is 12.5. The Kier molecular flexibility index (Phi) is 6.39. The van der Waals surface area contributed by atoms with Crippen molar-refractivity contribution < 1.29 is 19.2 Å². The number of hydrogen-bond donors (Lipinski definition) is 2. The van der Waals surface area contributed by atoms with Crippen LogP contribution in [0.2, 0.25) is 0 Å². The third-order valence-corrected chi connectivity index (χ3v) is 6.99. The number of imide groups is 1. The summed E-state index contributed by atoms with van der Waals surface area (Å²) in [5.74, 6) is 0.475. The Hall–Kier alpha value is -2.70. The topological polar surface area (TPSA) is 95.6 Å². The summed E-state index contributed by atoms with van der Waals surface area (Å²) in [5.41, 5.74) is 0.870. The van der Waals surface area contributed by atoms with Crippen LogP contribution in [0.3, 0.4) is 0 Å². The molecule has 4 atom stereocenters. The largest absolute Gasteiger partial charge is 0.353 e. The van der Waals surface area contributed by atoms with Gasteiger partial charge in [-0.2, -0.15) is 0 Å². The first-order valence-electron chi connectivity index (χ1n) is 11.5. The van der Waals surface area contributed by atoms with Crippen LogP contribution in [0, 0.1) is 11.8 Å². The predicted molar refractivity (Wildman–Crippen MR) is 115 cm³/mol. The van der Waals surface area contributed by atoms with Crippen LogP contribution in [0.5, 0.6) is 0 Å². The van der Waals surface area contributed by atoms with E-state index in [1.165, 1.54) is 4.90 Å². The highest BCUT2D eigenvalue weighted by molar-refractivity contribution is 6.21. The monoisotopic (exact) mass is 425 g/mol. The van der Waals surface area contributed by atoms with E-state index in [1.54, 1.807) is 24.3 Å². The number of benzene rings is 1. The minimum Gasteiger partial charge on any atom is -0.353 e. The van der Waals surface area contributed by atoms with Crippen molar-refractivity contribution in [2.45, 2.75) is 70.4 Å². The number of nitrogens with one attached hydrogen (secondary N) is 2. The summed E-state index contributed by atoms with van der Waals surface area (Å²) in [6.07, 6.45) is 6.24. The van der Waals surface area contributed by atoms with E-state index in [2.05, 4.69) is 17.6 Å². The molecule has 1 aromatic rings. The summed E-state index contributed by atoms with van der Waals surface area (Å²) in [7, 11) is 0. The number of rotatable bonds is 7. The lowest BCUT2D eigenvalue weighted by Gasteiger charge is -2.44. The molecule has 0 spiro atoms. The summed E-state index contributed by atoms with van der Waals surface area (Å²) < 4.78 is 0. The third-order valence-electron chi connectivity index (χ3n) is 6.99. The smallest absolute Gasteiger partial charge is 0.261 e. The second kappa shape index (κ2) is 9.20. The van der Waals surface area contributed by atoms with Gasteiger partial charge in [0.1, 0.15) is 0 Å². The van der Waals surface area contributed by atoms with Gasteiger partial charge in [0.2, 0.25) is 11.8 Å². The summed E-state index contributed by atoms with van der Waals surface area (Å²) in [4.78, 5) is 50.6. The van der Waals surface area contributed by atoms with E-state index in [-0.39, 0.29) is 48.7 Å². The zero-order valence-electron chi connectivity index (χ0n) is 18.1. The SMILES string of the molecule is CCCC1CC(=O)NC2CC(NC(=O)CCCN3C(=O)c4ccccc4C3=O)CCC12. The van der Waals surface area contributed by atoms with Crippen molar-refractivity contribution in [1.82, 2.24) is 15.5 Å². The van der Waals surface area contributed by atoms with Crippen molar-refractivity contribution in [1.29, 1.82) is 0 Å². The first-order chi connectivity index (χ1) is 15.0. The van der Waals surface area contributed by atoms with Crippen molar-refractivity contribution in [3.05, 3.63) is 35.4 Å². The molecule has 4 unspecified atom stereocenters. The number of amides is 4. The lowest BCUT2D eigenvalue weighted by atomic mass is 9.70. The lowest BCUT2D eigenvalue weighted by Crippen LogP contribution is -2.55. The Morgan fingerprint density at radius 3 is 2.52 bits per heavy atom. The zero-order chi connectivity index (χ0) is 22.0. The summed E-state index contributed by atoms with van der Waals surface area (Å²) in [6, 6.07) is 7.02. The van der Waals surface area contributed by atoms with E-state index in [0.717, 1.165) is 32.1 Å². The van der Waals surface area contributed by atoms with E-state index >= 15 is 0 Å². The molecule has 0 aromatic heterocycles. The number of carbonyl (C=O) groups excluding carboxylic acids is 4. The molecule has 1 saturated carbocycles. The molecule has 0 radical (unpaired) electrons. The first-order valence-corrected chi connectivity index (χ1v) is 11.5. The number of fused-ring (bicyclic) bond motifs is 2. The molecule has 7 heteroatoms. The van der Waals surface area contributed by atoms with Gasteiger partial charge in [0.15, 0.2) is 0 Å². The molecule has 2 heterocycles. The summed E-state index contributed by atoms with van der Waals surface area (Å²) in [5, 5.41) is 6.24. The molecule has 3 aliphatic rings.